The van der Waals surface area contributed by atoms with Gasteiger partial charge in [0.2, 0.25) is 0 Å². The lowest BCUT2D eigenvalue weighted by Gasteiger charge is -2.20. The summed E-state index contributed by atoms with van der Waals surface area (Å²) in [6.07, 6.45) is -1.08. The molecule has 2 N–H and O–H groups in total. The molecule has 1 aromatic rings. The fourth-order valence-electron chi connectivity index (χ4n) is 1.25. The first-order chi connectivity index (χ1) is 6.94. The Kier molecular flexibility index (Phi) is 4.23. The van der Waals surface area contributed by atoms with Crippen molar-refractivity contribution in [1.82, 2.24) is 0 Å². The second-order valence-electron chi connectivity index (χ2n) is 2.97. The van der Waals surface area contributed by atoms with Crippen LogP contribution in [-0.2, 0) is 19.2 Å². The van der Waals surface area contributed by atoms with Gasteiger partial charge < -0.3 is 4.74 Å². The maximum atomic E-state index is 10.7. The summed E-state index contributed by atoms with van der Waals surface area (Å²) in [4.78, 5) is 0.897. The van der Waals surface area contributed by atoms with E-state index in [1.165, 1.54) is 18.4 Å². The van der Waals surface area contributed by atoms with Crippen LogP contribution >= 0.6 is 11.3 Å². The number of rotatable bonds is 5. The lowest BCUT2D eigenvalue weighted by Crippen LogP contribution is -2.27. The molecule has 0 amide bonds. The molecule has 0 aliphatic rings. The molecule has 2 unspecified atom stereocenters. The zero-order valence-corrected chi connectivity index (χ0v) is 10.0. The summed E-state index contributed by atoms with van der Waals surface area (Å²) in [7, 11) is -2.45. The quantitative estimate of drug-likeness (QED) is 0.848. The molecule has 1 heterocycles. The van der Waals surface area contributed by atoms with E-state index in [2.05, 4.69) is 4.18 Å². The molecule has 0 aliphatic heterocycles. The predicted octanol–water partition coefficient (Wildman–Crippen LogP) is 1.04. The first-order valence-electron chi connectivity index (χ1n) is 4.21. The highest BCUT2D eigenvalue weighted by Gasteiger charge is 2.24. The summed E-state index contributed by atoms with van der Waals surface area (Å²) < 4.78 is 31.3. The maximum Gasteiger partial charge on any atom is 0.333 e. The van der Waals surface area contributed by atoms with Crippen LogP contribution in [-0.4, -0.2) is 21.6 Å². The summed E-state index contributed by atoms with van der Waals surface area (Å²) >= 11 is 1.47. The number of hydrogen-bond acceptors (Lipinski definition) is 5. The molecule has 0 bridgehead atoms. The Balaban J connectivity index is 2.76. The number of nitrogens with two attached hydrogens (primary N) is 1. The summed E-state index contributed by atoms with van der Waals surface area (Å²) in [5.41, 5.74) is 0. The second-order valence-corrected chi connectivity index (χ2v) is 5.12. The van der Waals surface area contributed by atoms with Crippen LogP contribution in [0.5, 0.6) is 0 Å². The smallest absolute Gasteiger partial charge is 0.333 e. The molecule has 7 heteroatoms. The highest BCUT2D eigenvalue weighted by molar-refractivity contribution is 7.84. The van der Waals surface area contributed by atoms with Gasteiger partial charge in [-0.3, -0.25) is 4.18 Å². The molecule has 5 nitrogen and oxygen atoms in total. The third-order valence-corrected chi connectivity index (χ3v) is 3.30. The van der Waals surface area contributed by atoms with Gasteiger partial charge in [-0.15, -0.1) is 11.3 Å². The largest absolute Gasteiger partial charge is 0.373 e. The van der Waals surface area contributed by atoms with Crippen LogP contribution in [0.25, 0.3) is 0 Å². The highest BCUT2D eigenvalue weighted by atomic mass is 32.2. The first-order valence-corrected chi connectivity index (χ1v) is 6.56. The fraction of sp³-hybridized carbons (Fsp3) is 0.500. The van der Waals surface area contributed by atoms with Gasteiger partial charge in [-0.05, 0) is 18.4 Å². The van der Waals surface area contributed by atoms with Crippen molar-refractivity contribution in [3.63, 3.8) is 0 Å². The van der Waals surface area contributed by atoms with Crippen LogP contribution in [0.3, 0.4) is 0 Å². The maximum absolute atomic E-state index is 10.7. The normalized spacial score (nSPS) is 16.2. The molecule has 0 fully saturated rings. The topological polar surface area (TPSA) is 78.6 Å². The molecule has 86 valence electrons. The van der Waals surface area contributed by atoms with Gasteiger partial charge in [0, 0.05) is 12.0 Å². The molecular weight excluding hydrogens is 238 g/mol. The SMILES string of the molecule is COC(c1cccs1)C(C)OS(N)(=O)=O. The van der Waals surface area contributed by atoms with Crippen molar-refractivity contribution < 1.29 is 17.3 Å². The van der Waals surface area contributed by atoms with Crippen molar-refractivity contribution in [2.75, 3.05) is 7.11 Å². The van der Waals surface area contributed by atoms with Gasteiger partial charge in [-0.1, -0.05) is 6.07 Å². The third-order valence-electron chi connectivity index (χ3n) is 1.79. The molecule has 0 saturated carbocycles. The Bertz CT molecular complexity index is 387. The monoisotopic (exact) mass is 251 g/mol. The van der Waals surface area contributed by atoms with Crippen molar-refractivity contribution in [2.24, 2.45) is 5.14 Å². The molecular formula is C8H13NO4S2. The Labute approximate surface area is 93.1 Å². The highest BCUT2D eigenvalue weighted by Crippen LogP contribution is 2.27. The lowest BCUT2D eigenvalue weighted by atomic mass is 10.2. The summed E-state index contributed by atoms with van der Waals surface area (Å²) in [5, 5.41) is 6.66. The van der Waals surface area contributed by atoms with Crippen LogP contribution in [0.1, 0.15) is 17.9 Å². The van der Waals surface area contributed by atoms with Gasteiger partial charge in [-0.2, -0.15) is 8.42 Å². The Morgan fingerprint density at radius 2 is 2.20 bits per heavy atom. The molecule has 2 atom stereocenters. The summed E-state index contributed by atoms with van der Waals surface area (Å²) in [5.74, 6) is 0. The van der Waals surface area contributed by atoms with Crippen LogP contribution in [0.4, 0.5) is 0 Å². The second kappa shape index (κ2) is 5.04. The van der Waals surface area contributed by atoms with Gasteiger partial charge in [-0.25, -0.2) is 5.14 Å². The van der Waals surface area contributed by atoms with E-state index < -0.39 is 22.5 Å². The van der Waals surface area contributed by atoms with E-state index in [9.17, 15) is 8.42 Å². The minimum absolute atomic E-state index is 0.427. The van der Waals surface area contributed by atoms with Crippen molar-refractivity contribution >= 4 is 21.6 Å². The fourth-order valence-corrected chi connectivity index (χ4v) is 2.67. The van der Waals surface area contributed by atoms with Crippen LogP contribution < -0.4 is 5.14 Å². The predicted molar refractivity (Wildman–Crippen MR) is 57.7 cm³/mol. The average Bonchev–Trinajstić information content (AvgIpc) is 2.54. The molecule has 0 saturated heterocycles. The van der Waals surface area contributed by atoms with Crippen molar-refractivity contribution in [2.45, 2.75) is 19.1 Å². The summed E-state index contributed by atoms with van der Waals surface area (Å²) in [6, 6.07) is 3.71. The van der Waals surface area contributed by atoms with E-state index in [0.717, 1.165) is 4.88 Å². The van der Waals surface area contributed by atoms with Gasteiger partial charge >= 0.3 is 10.3 Å². The molecule has 0 aliphatic carbocycles. The number of hydrogen-bond donors (Lipinski definition) is 1. The Morgan fingerprint density at radius 1 is 1.53 bits per heavy atom. The van der Waals surface area contributed by atoms with Crippen LogP contribution in [0.2, 0.25) is 0 Å². The average molecular weight is 251 g/mol. The zero-order valence-electron chi connectivity index (χ0n) is 8.41. The van der Waals surface area contributed by atoms with Crippen LogP contribution in [0.15, 0.2) is 17.5 Å². The van der Waals surface area contributed by atoms with Crippen molar-refractivity contribution in [3.8, 4) is 0 Å². The molecule has 0 radical (unpaired) electrons. The Morgan fingerprint density at radius 3 is 2.60 bits per heavy atom. The van der Waals surface area contributed by atoms with Crippen LogP contribution in [0, 0.1) is 0 Å². The van der Waals surface area contributed by atoms with Crippen molar-refractivity contribution in [3.05, 3.63) is 22.4 Å². The lowest BCUT2D eigenvalue weighted by molar-refractivity contribution is 0.0148. The van der Waals surface area contributed by atoms with Crippen molar-refractivity contribution in [1.29, 1.82) is 0 Å². The Hall–Kier alpha value is -0.470. The molecule has 1 aromatic heterocycles. The molecule has 1 rings (SSSR count). The standard InChI is InChI=1S/C8H13NO4S2/c1-6(13-15(9,10)11)8(12-2)7-4-3-5-14-7/h3-6,8H,1-2H3,(H2,9,10,11). The molecule has 15 heavy (non-hydrogen) atoms. The number of thiophene rings is 1. The van der Waals surface area contributed by atoms with Gasteiger partial charge in [0.1, 0.15) is 12.2 Å². The van der Waals surface area contributed by atoms with E-state index in [0.29, 0.717) is 0 Å². The van der Waals surface area contributed by atoms with Gasteiger partial charge in [0.25, 0.3) is 0 Å². The third kappa shape index (κ3) is 3.88. The molecule has 0 spiro atoms. The van der Waals surface area contributed by atoms with Gasteiger partial charge in [0.05, 0.1) is 0 Å². The van der Waals surface area contributed by atoms with E-state index in [4.69, 9.17) is 9.88 Å². The van der Waals surface area contributed by atoms with E-state index in [1.807, 2.05) is 17.5 Å². The van der Waals surface area contributed by atoms with Gasteiger partial charge in [0.15, 0.2) is 0 Å². The molecule has 0 aromatic carbocycles. The summed E-state index contributed by atoms with van der Waals surface area (Å²) in [6.45, 7) is 1.60. The first kappa shape index (κ1) is 12.6. The minimum Gasteiger partial charge on any atom is -0.373 e. The van der Waals surface area contributed by atoms with E-state index >= 15 is 0 Å². The number of ether oxygens (including phenoxy) is 1. The number of methoxy groups -OCH3 is 1. The van der Waals surface area contributed by atoms with E-state index in [1.54, 1.807) is 6.92 Å². The zero-order chi connectivity index (χ0) is 11.5. The van der Waals surface area contributed by atoms with E-state index in [-0.39, 0.29) is 0 Å². The minimum atomic E-state index is -3.94.